The molecule has 0 atom stereocenters. The van der Waals surface area contributed by atoms with Gasteiger partial charge >= 0.3 is 0 Å². The fourth-order valence-electron chi connectivity index (χ4n) is 4.05. The summed E-state index contributed by atoms with van der Waals surface area (Å²) in [5.74, 6) is 0.278. The molecule has 1 amide bonds. The van der Waals surface area contributed by atoms with Crippen molar-refractivity contribution in [3.63, 3.8) is 0 Å². The Labute approximate surface area is 182 Å². The molecule has 2 saturated heterocycles. The highest BCUT2D eigenvalue weighted by atomic mass is 35.5. The molecule has 0 bridgehead atoms. The van der Waals surface area contributed by atoms with Crippen molar-refractivity contribution in [2.75, 3.05) is 58.9 Å². The SMILES string of the molecule is O=C(CN1CCN(Cc2ccccc2)CC1)N1CCN(Cc2ccc(Cl)s2)CC1. The molecule has 2 aliphatic heterocycles. The van der Waals surface area contributed by atoms with E-state index in [4.69, 9.17) is 11.6 Å². The molecule has 0 spiro atoms. The van der Waals surface area contributed by atoms with Gasteiger partial charge in [0.15, 0.2) is 0 Å². The van der Waals surface area contributed by atoms with E-state index < -0.39 is 0 Å². The molecule has 0 saturated carbocycles. The quantitative estimate of drug-likeness (QED) is 0.702. The van der Waals surface area contributed by atoms with Crippen molar-refractivity contribution in [2.45, 2.75) is 13.1 Å². The van der Waals surface area contributed by atoms with Gasteiger partial charge < -0.3 is 4.90 Å². The van der Waals surface area contributed by atoms with Crippen LogP contribution in [0.15, 0.2) is 42.5 Å². The first-order valence-electron chi connectivity index (χ1n) is 10.4. The Hall–Kier alpha value is -1.44. The molecular formula is C22H29ClN4OS. The largest absolute Gasteiger partial charge is 0.339 e. The number of nitrogens with zero attached hydrogens (tertiary/aromatic N) is 4. The number of amides is 1. The highest BCUT2D eigenvalue weighted by Crippen LogP contribution is 2.23. The third kappa shape index (κ3) is 6.03. The van der Waals surface area contributed by atoms with Gasteiger partial charge in [-0.1, -0.05) is 41.9 Å². The zero-order chi connectivity index (χ0) is 20.1. The number of hydrogen-bond acceptors (Lipinski definition) is 5. The fraction of sp³-hybridized carbons (Fsp3) is 0.500. The molecule has 0 N–H and O–H groups in total. The van der Waals surface area contributed by atoms with Crippen LogP contribution in [0.1, 0.15) is 10.4 Å². The molecule has 29 heavy (non-hydrogen) atoms. The number of benzene rings is 1. The maximum Gasteiger partial charge on any atom is 0.236 e. The number of piperazine rings is 2. The summed E-state index contributed by atoms with van der Waals surface area (Å²) in [6.45, 7) is 10.0. The monoisotopic (exact) mass is 432 g/mol. The van der Waals surface area contributed by atoms with E-state index in [2.05, 4.69) is 51.1 Å². The van der Waals surface area contributed by atoms with Gasteiger partial charge in [0.2, 0.25) is 5.91 Å². The Kier molecular flexibility index (Phi) is 7.21. The van der Waals surface area contributed by atoms with Crippen LogP contribution in [0, 0.1) is 0 Å². The summed E-state index contributed by atoms with van der Waals surface area (Å²) in [4.78, 5) is 23.3. The van der Waals surface area contributed by atoms with Gasteiger partial charge in [-0.05, 0) is 17.7 Å². The molecule has 156 valence electrons. The standard InChI is InChI=1S/C22H29ClN4OS/c23-21-7-6-20(29-21)17-25-12-14-27(15-13-25)22(28)18-26-10-8-24(9-11-26)16-19-4-2-1-3-5-19/h1-7H,8-18H2. The van der Waals surface area contributed by atoms with E-state index in [-0.39, 0.29) is 5.91 Å². The Bertz CT molecular complexity index is 783. The first kappa shape index (κ1) is 20.8. The normalized spacial score (nSPS) is 19.6. The Morgan fingerprint density at radius 1 is 0.793 bits per heavy atom. The molecule has 1 aromatic heterocycles. The first-order chi connectivity index (χ1) is 14.2. The third-order valence-corrected chi connectivity index (χ3v) is 7.02. The van der Waals surface area contributed by atoms with E-state index in [0.717, 1.165) is 69.8 Å². The van der Waals surface area contributed by atoms with Crippen LogP contribution >= 0.6 is 22.9 Å². The van der Waals surface area contributed by atoms with Crippen LogP contribution in [0.3, 0.4) is 0 Å². The van der Waals surface area contributed by atoms with E-state index in [9.17, 15) is 4.79 Å². The van der Waals surface area contributed by atoms with Crippen LogP contribution in [0.4, 0.5) is 0 Å². The van der Waals surface area contributed by atoms with Gasteiger partial charge in [-0.25, -0.2) is 0 Å². The molecule has 7 heteroatoms. The van der Waals surface area contributed by atoms with Crippen LogP contribution in [0.5, 0.6) is 0 Å². The Morgan fingerprint density at radius 3 is 2.07 bits per heavy atom. The lowest BCUT2D eigenvalue weighted by molar-refractivity contribution is -0.134. The van der Waals surface area contributed by atoms with Crippen molar-refractivity contribution in [2.24, 2.45) is 0 Å². The summed E-state index contributed by atoms with van der Waals surface area (Å²) in [6, 6.07) is 14.7. The summed E-state index contributed by atoms with van der Waals surface area (Å²) < 4.78 is 0.845. The minimum Gasteiger partial charge on any atom is -0.339 e. The molecule has 2 fully saturated rings. The second-order valence-corrected chi connectivity index (χ2v) is 9.70. The summed E-state index contributed by atoms with van der Waals surface area (Å²) in [6.07, 6.45) is 0. The lowest BCUT2D eigenvalue weighted by Crippen LogP contribution is -2.53. The van der Waals surface area contributed by atoms with Crippen LogP contribution in [0.2, 0.25) is 4.34 Å². The van der Waals surface area contributed by atoms with E-state index >= 15 is 0 Å². The average Bonchev–Trinajstić information content (AvgIpc) is 3.15. The van der Waals surface area contributed by atoms with Crippen LogP contribution in [0.25, 0.3) is 0 Å². The van der Waals surface area contributed by atoms with E-state index in [1.165, 1.54) is 10.4 Å². The second kappa shape index (κ2) is 10.0. The number of thiophene rings is 1. The molecule has 3 heterocycles. The van der Waals surface area contributed by atoms with Crippen LogP contribution in [-0.2, 0) is 17.9 Å². The summed E-state index contributed by atoms with van der Waals surface area (Å²) in [5.41, 5.74) is 1.36. The van der Waals surface area contributed by atoms with Gasteiger partial charge in [0.1, 0.15) is 0 Å². The van der Waals surface area contributed by atoms with Gasteiger partial charge in [0, 0.05) is 70.3 Å². The lowest BCUT2D eigenvalue weighted by atomic mass is 10.2. The first-order valence-corrected chi connectivity index (χ1v) is 11.6. The molecule has 2 aromatic rings. The van der Waals surface area contributed by atoms with Crippen molar-refractivity contribution in [3.05, 3.63) is 57.2 Å². The molecule has 0 unspecified atom stereocenters. The topological polar surface area (TPSA) is 30.0 Å². The van der Waals surface area contributed by atoms with Gasteiger partial charge in [-0.15, -0.1) is 11.3 Å². The molecule has 4 rings (SSSR count). The van der Waals surface area contributed by atoms with Gasteiger partial charge in [-0.3, -0.25) is 19.5 Å². The highest BCUT2D eigenvalue weighted by Gasteiger charge is 2.25. The van der Waals surface area contributed by atoms with Crippen molar-refractivity contribution < 1.29 is 4.79 Å². The smallest absolute Gasteiger partial charge is 0.236 e. The van der Waals surface area contributed by atoms with Crippen molar-refractivity contribution >= 4 is 28.8 Å². The van der Waals surface area contributed by atoms with Gasteiger partial charge in [0.05, 0.1) is 10.9 Å². The average molecular weight is 433 g/mol. The van der Waals surface area contributed by atoms with E-state index in [1.54, 1.807) is 11.3 Å². The van der Waals surface area contributed by atoms with E-state index in [1.807, 2.05) is 11.0 Å². The Balaban J connectivity index is 1.16. The predicted octanol–water partition coefficient (Wildman–Crippen LogP) is 2.86. The predicted molar refractivity (Wildman–Crippen MR) is 119 cm³/mol. The number of hydrogen-bond donors (Lipinski definition) is 0. The summed E-state index contributed by atoms with van der Waals surface area (Å²) in [5, 5.41) is 0. The molecule has 2 aliphatic rings. The minimum atomic E-state index is 0.278. The van der Waals surface area contributed by atoms with Gasteiger partial charge in [-0.2, -0.15) is 0 Å². The summed E-state index contributed by atoms with van der Waals surface area (Å²) >= 11 is 7.67. The number of rotatable bonds is 6. The zero-order valence-corrected chi connectivity index (χ0v) is 18.4. The molecule has 5 nitrogen and oxygen atoms in total. The maximum atomic E-state index is 12.7. The minimum absolute atomic E-state index is 0.278. The Morgan fingerprint density at radius 2 is 1.41 bits per heavy atom. The molecule has 0 radical (unpaired) electrons. The molecule has 1 aromatic carbocycles. The lowest BCUT2D eigenvalue weighted by Gasteiger charge is -2.38. The van der Waals surface area contributed by atoms with Crippen molar-refractivity contribution in [1.82, 2.24) is 19.6 Å². The second-order valence-electron chi connectivity index (χ2n) is 7.90. The highest BCUT2D eigenvalue weighted by molar-refractivity contribution is 7.16. The molecule has 0 aliphatic carbocycles. The number of carbonyl (C=O) groups is 1. The third-order valence-electron chi connectivity index (χ3n) is 5.81. The maximum absolute atomic E-state index is 12.7. The molecular weight excluding hydrogens is 404 g/mol. The van der Waals surface area contributed by atoms with Crippen molar-refractivity contribution in [1.29, 1.82) is 0 Å². The summed E-state index contributed by atoms with van der Waals surface area (Å²) in [7, 11) is 0. The van der Waals surface area contributed by atoms with E-state index in [0.29, 0.717) is 6.54 Å². The number of halogens is 1. The van der Waals surface area contributed by atoms with Crippen molar-refractivity contribution in [3.8, 4) is 0 Å². The number of carbonyl (C=O) groups excluding carboxylic acids is 1. The fourth-order valence-corrected chi connectivity index (χ4v) is 5.18. The van der Waals surface area contributed by atoms with Crippen LogP contribution < -0.4 is 0 Å². The van der Waals surface area contributed by atoms with Crippen LogP contribution in [-0.4, -0.2) is 84.4 Å². The van der Waals surface area contributed by atoms with Gasteiger partial charge in [0.25, 0.3) is 0 Å². The zero-order valence-electron chi connectivity index (χ0n) is 16.8.